The van der Waals surface area contributed by atoms with E-state index in [2.05, 4.69) is 47.3 Å². The van der Waals surface area contributed by atoms with Gasteiger partial charge in [-0.3, -0.25) is 0 Å². The van der Waals surface area contributed by atoms with Crippen LogP contribution < -0.4 is 5.32 Å². The lowest BCUT2D eigenvalue weighted by Crippen LogP contribution is -2.18. The van der Waals surface area contributed by atoms with Crippen molar-refractivity contribution in [3.05, 3.63) is 36.0 Å². The lowest BCUT2D eigenvalue weighted by molar-refractivity contribution is 0.199. The summed E-state index contributed by atoms with van der Waals surface area (Å²) in [5.41, 5.74) is 2.71. The normalized spacial score (nSPS) is 11.3. The number of aromatic nitrogens is 1. The van der Waals surface area contributed by atoms with Crippen LogP contribution in [0.2, 0.25) is 0 Å². The van der Waals surface area contributed by atoms with Crippen LogP contribution in [0.25, 0.3) is 10.9 Å². The molecule has 1 heterocycles. The van der Waals surface area contributed by atoms with Gasteiger partial charge in [-0.25, -0.2) is 0 Å². The minimum atomic E-state index is 0.757. The Balaban J connectivity index is 2.09. The number of benzene rings is 1. The Morgan fingerprint density at radius 2 is 2.16 bits per heavy atom. The molecule has 0 saturated carbocycles. The maximum atomic E-state index is 5.05. The number of ether oxygens (including phenoxy) is 1. The Hall–Kier alpha value is -1.32. The molecule has 1 aromatic carbocycles. The van der Waals surface area contributed by atoms with E-state index in [4.69, 9.17) is 4.74 Å². The van der Waals surface area contributed by atoms with E-state index in [9.17, 15) is 0 Å². The van der Waals surface area contributed by atoms with Gasteiger partial charge in [-0.2, -0.15) is 0 Å². The summed E-state index contributed by atoms with van der Waals surface area (Å²) in [6.45, 7) is 5.90. The van der Waals surface area contributed by atoms with E-state index in [-0.39, 0.29) is 0 Å². The van der Waals surface area contributed by atoms with Crippen molar-refractivity contribution in [2.45, 2.75) is 32.9 Å². The van der Waals surface area contributed by atoms with E-state index in [1.165, 1.54) is 29.3 Å². The van der Waals surface area contributed by atoms with Crippen LogP contribution in [0.4, 0.5) is 0 Å². The molecular weight excluding hydrogens is 236 g/mol. The molecule has 0 atom stereocenters. The molecule has 0 bridgehead atoms. The topological polar surface area (TPSA) is 26.2 Å². The van der Waals surface area contributed by atoms with Crippen LogP contribution in [-0.2, 0) is 17.8 Å². The molecule has 19 heavy (non-hydrogen) atoms. The monoisotopic (exact) mass is 260 g/mol. The Kier molecular flexibility index (Phi) is 5.43. The van der Waals surface area contributed by atoms with Crippen molar-refractivity contribution >= 4 is 10.9 Å². The quantitative estimate of drug-likeness (QED) is 0.738. The van der Waals surface area contributed by atoms with Gasteiger partial charge in [0.25, 0.3) is 0 Å². The fourth-order valence-corrected chi connectivity index (χ4v) is 2.36. The number of nitrogens with one attached hydrogen (secondary N) is 1. The summed E-state index contributed by atoms with van der Waals surface area (Å²) in [6, 6.07) is 8.80. The summed E-state index contributed by atoms with van der Waals surface area (Å²) in [5.74, 6) is 0. The van der Waals surface area contributed by atoms with Crippen LogP contribution in [0.5, 0.6) is 0 Å². The molecular formula is C16H24N2O. The number of hydrogen-bond donors (Lipinski definition) is 1. The molecule has 2 aromatic rings. The molecule has 104 valence electrons. The number of aryl methyl sites for hydroxylation is 1. The molecule has 0 radical (unpaired) electrons. The highest BCUT2D eigenvalue weighted by Crippen LogP contribution is 2.20. The van der Waals surface area contributed by atoms with Crippen molar-refractivity contribution in [3.8, 4) is 0 Å². The van der Waals surface area contributed by atoms with Gasteiger partial charge >= 0.3 is 0 Å². The standard InChI is InChI=1S/C16H24N2O/c1-3-4-10-18-11-8-15-14(6-5-7-16(15)18)13-17-9-12-19-2/h5-8,11,17H,3-4,9-10,12-13H2,1-2H3. The second-order valence-electron chi connectivity index (χ2n) is 4.88. The van der Waals surface area contributed by atoms with Crippen LogP contribution in [0.3, 0.4) is 0 Å². The molecule has 0 amide bonds. The molecule has 0 spiro atoms. The minimum absolute atomic E-state index is 0.757. The largest absolute Gasteiger partial charge is 0.383 e. The highest BCUT2D eigenvalue weighted by molar-refractivity contribution is 5.83. The van der Waals surface area contributed by atoms with E-state index < -0.39 is 0 Å². The van der Waals surface area contributed by atoms with E-state index >= 15 is 0 Å². The maximum absolute atomic E-state index is 5.05. The number of nitrogens with zero attached hydrogens (tertiary/aromatic N) is 1. The van der Waals surface area contributed by atoms with Gasteiger partial charge in [0.15, 0.2) is 0 Å². The Morgan fingerprint density at radius 1 is 1.26 bits per heavy atom. The smallest absolute Gasteiger partial charge is 0.0587 e. The van der Waals surface area contributed by atoms with Crippen LogP contribution in [0, 0.1) is 0 Å². The molecule has 0 aliphatic heterocycles. The van der Waals surface area contributed by atoms with Gasteiger partial charge in [0.1, 0.15) is 0 Å². The van der Waals surface area contributed by atoms with Gasteiger partial charge < -0.3 is 14.6 Å². The summed E-state index contributed by atoms with van der Waals surface area (Å²) < 4.78 is 7.41. The molecule has 1 aromatic heterocycles. The maximum Gasteiger partial charge on any atom is 0.0587 e. The zero-order valence-electron chi connectivity index (χ0n) is 12.0. The fraction of sp³-hybridized carbons (Fsp3) is 0.500. The average molecular weight is 260 g/mol. The second-order valence-corrected chi connectivity index (χ2v) is 4.88. The molecule has 0 aliphatic carbocycles. The zero-order chi connectivity index (χ0) is 13.5. The molecule has 0 unspecified atom stereocenters. The second kappa shape index (κ2) is 7.31. The molecule has 3 heteroatoms. The molecule has 0 saturated heterocycles. The number of unbranched alkanes of at least 4 members (excludes halogenated alkanes) is 1. The highest BCUT2D eigenvalue weighted by atomic mass is 16.5. The molecule has 0 fully saturated rings. The summed E-state index contributed by atoms with van der Waals surface area (Å²) in [7, 11) is 1.73. The van der Waals surface area contributed by atoms with Crippen LogP contribution >= 0.6 is 0 Å². The summed E-state index contributed by atoms with van der Waals surface area (Å²) in [5, 5.41) is 4.78. The molecule has 2 rings (SSSR count). The van der Waals surface area contributed by atoms with Crippen molar-refractivity contribution < 1.29 is 4.74 Å². The first kappa shape index (κ1) is 14.1. The van der Waals surface area contributed by atoms with Crippen LogP contribution in [-0.4, -0.2) is 24.8 Å². The first-order chi connectivity index (χ1) is 9.36. The number of fused-ring (bicyclic) bond motifs is 1. The van der Waals surface area contributed by atoms with Gasteiger partial charge in [-0.15, -0.1) is 0 Å². The number of methoxy groups -OCH3 is 1. The molecule has 1 N–H and O–H groups in total. The highest BCUT2D eigenvalue weighted by Gasteiger charge is 2.04. The van der Waals surface area contributed by atoms with E-state index in [0.717, 1.165) is 26.2 Å². The summed E-state index contributed by atoms with van der Waals surface area (Å²) in [4.78, 5) is 0. The molecule has 3 nitrogen and oxygen atoms in total. The lowest BCUT2D eigenvalue weighted by atomic mass is 10.1. The van der Waals surface area contributed by atoms with Crippen LogP contribution in [0.15, 0.2) is 30.5 Å². The van der Waals surface area contributed by atoms with Crippen molar-refractivity contribution in [3.63, 3.8) is 0 Å². The van der Waals surface area contributed by atoms with Gasteiger partial charge in [-0.1, -0.05) is 25.5 Å². The fourth-order valence-electron chi connectivity index (χ4n) is 2.36. The Morgan fingerprint density at radius 3 is 2.95 bits per heavy atom. The first-order valence-corrected chi connectivity index (χ1v) is 7.13. The Labute approximate surface area is 115 Å². The van der Waals surface area contributed by atoms with Gasteiger partial charge in [0, 0.05) is 43.8 Å². The third-order valence-electron chi connectivity index (χ3n) is 3.45. The van der Waals surface area contributed by atoms with E-state index in [1.54, 1.807) is 7.11 Å². The van der Waals surface area contributed by atoms with Gasteiger partial charge in [-0.05, 0) is 24.1 Å². The molecule has 0 aliphatic rings. The van der Waals surface area contributed by atoms with Gasteiger partial charge in [0.2, 0.25) is 0 Å². The predicted molar refractivity (Wildman–Crippen MR) is 80.4 cm³/mol. The SMILES string of the molecule is CCCCn1ccc2c(CNCCOC)cccc21. The van der Waals surface area contributed by atoms with E-state index in [0.29, 0.717) is 0 Å². The minimum Gasteiger partial charge on any atom is -0.383 e. The van der Waals surface area contributed by atoms with Gasteiger partial charge in [0.05, 0.1) is 6.61 Å². The number of rotatable bonds is 8. The summed E-state index contributed by atoms with van der Waals surface area (Å²) in [6.07, 6.45) is 4.68. The zero-order valence-corrected chi connectivity index (χ0v) is 12.0. The number of hydrogen-bond acceptors (Lipinski definition) is 2. The van der Waals surface area contributed by atoms with Crippen molar-refractivity contribution in [2.75, 3.05) is 20.3 Å². The van der Waals surface area contributed by atoms with Crippen molar-refractivity contribution in [2.24, 2.45) is 0 Å². The third kappa shape index (κ3) is 3.58. The predicted octanol–water partition coefficient (Wildman–Crippen LogP) is 3.18. The first-order valence-electron chi connectivity index (χ1n) is 7.13. The van der Waals surface area contributed by atoms with Crippen LogP contribution in [0.1, 0.15) is 25.3 Å². The van der Waals surface area contributed by atoms with E-state index in [1.807, 2.05) is 0 Å². The van der Waals surface area contributed by atoms with Crippen molar-refractivity contribution in [1.82, 2.24) is 9.88 Å². The average Bonchev–Trinajstić information content (AvgIpc) is 2.85. The lowest BCUT2D eigenvalue weighted by Gasteiger charge is -2.08. The van der Waals surface area contributed by atoms with Crippen molar-refractivity contribution in [1.29, 1.82) is 0 Å². The summed E-state index contributed by atoms with van der Waals surface area (Å²) >= 11 is 0. The Bertz CT molecular complexity index is 504. The third-order valence-corrected chi connectivity index (χ3v) is 3.45.